The van der Waals surface area contributed by atoms with Crippen LogP contribution in [-0.2, 0) is 16.4 Å². The first-order chi connectivity index (χ1) is 11.0. The van der Waals surface area contributed by atoms with Crippen LogP contribution < -0.4 is 4.74 Å². The second-order valence-corrected chi connectivity index (χ2v) is 6.93. The first kappa shape index (κ1) is 18.5. The Morgan fingerprint density at radius 1 is 1.08 bits per heavy atom. The SMILES string of the molecule is O=S(=O)(c1ccc(Oc2cc(F)cc(Cl)c2)cc1CO)C(F)(F)F. The highest BCUT2D eigenvalue weighted by Crippen LogP contribution is 2.35. The third-order valence-electron chi connectivity index (χ3n) is 2.87. The monoisotopic (exact) mass is 384 g/mol. The number of ether oxygens (including phenoxy) is 1. The van der Waals surface area contributed by atoms with Gasteiger partial charge in [-0.3, -0.25) is 0 Å². The van der Waals surface area contributed by atoms with E-state index >= 15 is 0 Å². The van der Waals surface area contributed by atoms with Gasteiger partial charge in [0.15, 0.2) is 0 Å². The molecule has 0 atom stereocenters. The fourth-order valence-electron chi connectivity index (χ4n) is 1.85. The number of aliphatic hydroxyl groups excluding tert-OH is 1. The molecule has 0 aliphatic heterocycles. The van der Waals surface area contributed by atoms with Crippen LogP contribution in [0.25, 0.3) is 0 Å². The highest BCUT2D eigenvalue weighted by Gasteiger charge is 2.47. The first-order valence-corrected chi connectivity index (χ1v) is 8.10. The number of aliphatic hydroxyl groups is 1. The summed E-state index contributed by atoms with van der Waals surface area (Å²) in [5, 5.41) is 9.19. The molecule has 0 radical (unpaired) electrons. The topological polar surface area (TPSA) is 63.6 Å². The van der Waals surface area contributed by atoms with Gasteiger partial charge in [-0.15, -0.1) is 0 Å². The number of halogens is 5. The summed E-state index contributed by atoms with van der Waals surface area (Å²) in [6.45, 7) is -0.967. The molecule has 10 heteroatoms. The molecule has 0 aliphatic rings. The summed E-state index contributed by atoms with van der Waals surface area (Å²) >= 11 is 5.65. The van der Waals surface area contributed by atoms with Crippen molar-refractivity contribution in [2.75, 3.05) is 0 Å². The number of alkyl halides is 3. The maximum atomic E-state index is 13.2. The van der Waals surface area contributed by atoms with Crippen molar-refractivity contribution in [1.29, 1.82) is 0 Å². The van der Waals surface area contributed by atoms with E-state index in [-0.39, 0.29) is 16.5 Å². The van der Waals surface area contributed by atoms with Gasteiger partial charge < -0.3 is 9.84 Å². The molecule has 2 rings (SSSR count). The highest BCUT2D eigenvalue weighted by atomic mass is 35.5. The molecular weight excluding hydrogens is 376 g/mol. The van der Waals surface area contributed by atoms with E-state index in [1.54, 1.807) is 0 Å². The van der Waals surface area contributed by atoms with Crippen LogP contribution in [0.2, 0.25) is 5.02 Å². The van der Waals surface area contributed by atoms with Gasteiger partial charge in [0, 0.05) is 16.7 Å². The number of rotatable bonds is 4. The highest BCUT2D eigenvalue weighted by molar-refractivity contribution is 7.92. The lowest BCUT2D eigenvalue weighted by atomic mass is 10.2. The summed E-state index contributed by atoms with van der Waals surface area (Å²) in [6, 6.07) is 5.78. The third kappa shape index (κ3) is 3.80. The zero-order chi connectivity index (χ0) is 18.1. The van der Waals surface area contributed by atoms with Crippen molar-refractivity contribution >= 4 is 21.4 Å². The van der Waals surface area contributed by atoms with Crippen LogP contribution in [0.1, 0.15) is 5.56 Å². The van der Waals surface area contributed by atoms with Crippen LogP contribution in [0.15, 0.2) is 41.3 Å². The van der Waals surface area contributed by atoms with Gasteiger partial charge in [0.25, 0.3) is 9.84 Å². The van der Waals surface area contributed by atoms with Crippen LogP contribution in [0, 0.1) is 5.82 Å². The fraction of sp³-hybridized carbons (Fsp3) is 0.143. The molecular formula is C14H9ClF4O4S. The van der Waals surface area contributed by atoms with Crippen LogP contribution in [0.5, 0.6) is 11.5 Å². The summed E-state index contributed by atoms with van der Waals surface area (Å²) in [5.74, 6) is -0.840. The summed E-state index contributed by atoms with van der Waals surface area (Å²) in [5.41, 5.74) is -6.01. The average molecular weight is 385 g/mol. The summed E-state index contributed by atoms with van der Waals surface area (Å²) in [4.78, 5) is -1.08. The van der Waals surface area contributed by atoms with Gasteiger partial charge in [-0.05, 0) is 30.3 Å². The van der Waals surface area contributed by atoms with Crippen molar-refractivity contribution in [1.82, 2.24) is 0 Å². The van der Waals surface area contributed by atoms with Gasteiger partial charge in [0.2, 0.25) is 0 Å². The largest absolute Gasteiger partial charge is 0.501 e. The maximum absolute atomic E-state index is 13.2. The minimum atomic E-state index is -5.62. The molecule has 0 aromatic heterocycles. The summed E-state index contributed by atoms with van der Waals surface area (Å²) in [7, 11) is -5.62. The van der Waals surface area contributed by atoms with Crippen molar-refractivity contribution in [3.05, 3.63) is 52.8 Å². The summed E-state index contributed by atoms with van der Waals surface area (Å²) in [6.07, 6.45) is 0. The lowest BCUT2D eigenvalue weighted by Gasteiger charge is -2.13. The average Bonchev–Trinajstić information content (AvgIpc) is 2.44. The standard InChI is InChI=1S/C14H9ClF4O4S/c15-9-4-10(16)6-12(5-9)23-11-1-2-13(8(3-11)7-20)24(21,22)14(17,18)19/h1-6,20H,7H2. The van der Waals surface area contributed by atoms with Crippen molar-refractivity contribution in [2.45, 2.75) is 17.0 Å². The minimum Gasteiger partial charge on any atom is -0.457 e. The van der Waals surface area contributed by atoms with E-state index in [1.165, 1.54) is 6.07 Å². The number of hydrogen-bond acceptors (Lipinski definition) is 4. The van der Waals surface area contributed by atoms with Gasteiger partial charge in [0.1, 0.15) is 17.3 Å². The van der Waals surface area contributed by atoms with Crippen molar-refractivity contribution in [3.63, 3.8) is 0 Å². The van der Waals surface area contributed by atoms with Gasteiger partial charge in [-0.1, -0.05) is 11.6 Å². The molecule has 24 heavy (non-hydrogen) atoms. The van der Waals surface area contributed by atoms with Gasteiger partial charge in [-0.25, -0.2) is 12.8 Å². The quantitative estimate of drug-likeness (QED) is 0.807. The molecule has 2 aromatic rings. The van der Waals surface area contributed by atoms with Crippen LogP contribution in [0.4, 0.5) is 17.6 Å². The van der Waals surface area contributed by atoms with Crippen LogP contribution in [-0.4, -0.2) is 19.0 Å². The van der Waals surface area contributed by atoms with Crippen molar-refractivity contribution in [2.24, 2.45) is 0 Å². The van der Waals surface area contributed by atoms with E-state index in [1.807, 2.05) is 0 Å². The molecule has 2 aromatic carbocycles. The molecule has 0 spiro atoms. The molecule has 0 saturated heterocycles. The lowest BCUT2D eigenvalue weighted by molar-refractivity contribution is -0.0436. The molecule has 0 saturated carbocycles. The molecule has 1 N–H and O–H groups in total. The Balaban J connectivity index is 2.43. The fourth-order valence-corrected chi connectivity index (χ4v) is 3.03. The van der Waals surface area contributed by atoms with E-state index in [2.05, 4.69) is 0 Å². The smallest absolute Gasteiger partial charge is 0.457 e. The Bertz CT molecular complexity index is 845. The molecule has 0 unspecified atom stereocenters. The molecule has 0 aliphatic carbocycles. The minimum absolute atomic E-state index is 0.0312. The third-order valence-corrected chi connectivity index (χ3v) is 4.67. The molecule has 0 amide bonds. The maximum Gasteiger partial charge on any atom is 0.501 e. The van der Waals surface area contributed by atoms with Crippen molar-refractivity contribution in [3.8, 4) is 11.5 Å². The molecule has 0 bridgehead atoms. The van der Waals surface area contributed by atoms with Gasteiger partial charge in [0.05, 0.1) is 11.5 Å². The molecule has 0 fully saturated rings. The number of sulfone groups is 1. The Hall–Kier alpha value is -1.84. The summed E-state index contributed by atoms with van der Waals surface area (Å²) < 4.78 is 79.2. The Labute approximate surface area is 139 Å². The van der Waals surface area contributed by atoms with E-state index < -0.39 is 38.2 Å². The van der Waals surface area contributed by atoms with E-state index in [4.69, 9.17) is 21.4 Å². The Morgan fingerprint density at radius 3 is 2.29 bits per heavy atom. The molecule has 130 valence electrons. The number of benzene rings is 2. The van der Waals surface area contributed by atoms with E-state index in [9.17, 15) is 26.0 Å². The zero-order valence-electron chi connectivity index (χ0n) is 11.6. The predicted octanol–water partition coefficient (Wildman–Crippen LogP) is 4.06. The molecule has 4 nitrogen and oxygen atoms in total. The second-order valence-electron chi connectivity index (χ2n) is 4.58. The Kier molecular flexibility index (Phi) is 5.07. The van der Waals surface area contributed by atoms with E-state index in [0.29, 0.717) is 6.07 Å². The van der Waals surface area contributed by atoms with Gasteiger partial charge >= 0.3 is 5.51 Å². The van der Waals surface area contributed by atoms with Crippen LogP contribution >= 0.6 is 11.6 Å². The molecule has 0 heterocycles. The predicted molar refractivity (Wildman–Crippen MR) is 77.1 cm³/mol. The first-order valence-electron chi connectivity index (χ1n) is 6.23. The zero-order valence-corrected chi connectivity index (χ0v) is 13.2. The Morgan fingerprint density at radius 2 is 1.75 bits per heavy atom. The normalized spacial score (nSPS) is 12.2. The second kappa shape index (κ2) is 6.58. The van der Waals surface area contributed by atoms with Gasteiger partial charge in [-0.2, -0.15) is 13.2 Å². The van der Waals surface area contributed by atoms with E-state index in [0.717, 1.165) is 24.3 Å². The lowest BCUT2D eigenvalue weighted by Crippen LogP contribution is -2.24. The number of hydrogen-bond donors (Lipinski definition) is 1. The van der Waals surface area contributed by atoms with Crippen LogP contribution in [0.3, 0.4) is 0 Å². The van der Waals surface area contributed by atoms with Crippen molar-refractivity contribution < 1.29 is 35.8 Å².